The Balaban J connectivity index is 2.11. The van der Waals surface area contributed by atoms with Crippen LogP contribution in [0.5, 0.6) is 0 Å². The van der Waals surface area contributed by atoms with Crippen LogP contribution < -0.4 is 5.32 Å². The van der Waals surface area contributed by atoms with Gasteiger partial charge >= 0.3 is 0 Å². The summed E-state index contributed by atoms with van der Waals surface area (Å²) in [6.07, 6.45) is 0. The Labute approximate surface area is 118 Å². The zero-order valence-corrected chi connectivity index (χ0v) is 12.4. The molecule has 94 valence electrons. The molecule has 2 aromatic heterocycles. The molecule has 4 nitrogen and oxygen atoms in total. The molecule has 0 unspecified atom stereocenters. The predicted octanol–water partition coefficient (Wildman–Crippen LogP) is 3.68. The van der Waals surface area contributed by atoms with Crippen LogP contribution in [0.1, 0.15) is 35.9 Å². The molecule has 0 aromatic carbocycles. The van der Waals surface area contributed by atoms with Gasteiger partial charge in [-0.1, -0.05) is 19.9 Å². The summed E-state index contributed by atoms with van der Waals surface area (Å²) < 4.78 is 0.636. The van der Waals surface area contributed by atoms with Crippen LogP contribution in [-0.2, 0) is 0 Å². The Morgan fingerprint density at radius 2 is 2.17 bits per heavy atom. The highest BCUT2D eigenvalue weighted by Crippen LogP contribution is 2.21. The van der Waals surface area contributed by atoms with E-state index in [0.717, 1.165) is 5.69 Å². The fraction of sp³-hybridized carbons (Fsp3) is 0.250. The van der Waals surface area contributed by atoms with Crippen molar-refractivity contribution in [3.8, 4) is 0 Å². The Kier molecular flexibility index (Phi) is 4.08. The van der Waals surface area contributed by atoms with Crippen molar-refractivity contribution in [2.75, 3.05) is 5.32 Å². The molecule has 0 saturated heterocycles. The van der Waals surface area contributed by atoms with E-state index in [1.807, 2.05) is 5.38 Å². The molecule has 0 bridgehead atoms. The molecule has 2 aromatic rings. The van der Waals surface area contributed by atoms with Crippen molar-refractivity contribution >= 4 is 38.3 Å². The number of aromatic nitrogens is 2. The zero-order chi connectivity index (χ0) is 13.1. The highest BCUT2D eigenvalue weighted by atomic mass is 79.9. The number of hydrogen-bond acceptors (Lipinski definition) is 4. The number of carbonyl (C=O) groups is 1. The molecule has 0 radical (unpaired) electrons. The monoisotopic (exact) mass is 325 g/mol. The van der Waals surface area contributed by atoms with Crippen molar-refractivity contribution in [1.82, 2.24) is 9.97 Å². The molecule has 6 heteroatoms. The summed E-state index contributed by atoms with van der Waals surface area (Å²) in [7, 11) is 0. The van der Waals surface area contributed by atoms with E-state index in [1.165, 1.54) is 11.3 Å². The van der Waals surface area contributed by atoms with E-state index >= 15 is 0 Å². The van der Waals surface area contributed by atoms with Gasteiger partial charge in [-0.3, -0.25) is 10.1 Å². The van der Waals surface area contributed by atoms with Gasteiger partial charge in [-0.05, 0) is 34.0 Å². The number of nitrogens with zero attached hydrogens (tertiary/aromatic N) is 2. The second kappa shape index (κ2) is 5.58. The smallest absolute Gasteiger partial charge is 0.276 e. The maximum Gasteiger partial charge on any atom is 0.276 e. The summed E-state index contributed by atoms with van der Waals surface area (Å²) in [4.78, 5) is 20.4. The number of anilines is 1. The van der Waals surface area contributed by atoms with Crippen LogP contribution >= 0.6 is 27.3 Å². The minimum absolute atomic E-state index is 0.249. The third kappa shape index (κ3) is 3.14. The first-order chi connectivity index (χ1) is 8.56. The number of hydrogen-bond donors (Lipinski definition) is 1. The van der Waals surface area contributed by atoms with Crippen LogP contribution in [0.3, 0.4) is 0 Å². The average Bonchev–Trinajstić information content (AvgIpc) is 2.77. The maximum atomic E-state index is 11.9. The van der Waals surface area contributed by atoms with Gasteiger partial charge in [0.05, 0.1) is 5.69 Å². The fourth-order valence-corrected chi connectivity index (χ4v) is 2.52. The third-order valence-corrected chi connectivity index (χ3v) is 3.50. The number of amides is 1. The fourth-order valence-electron chi connectivity index (χ4n) is 1.30. The molecule has 2 heterocycles. The minimum atomic E-state index is -0.249. The predicted molar refractivity (Wildman–Crippen MR) is 76.1 cm³/mol. The van der Waals surface area contributed by atoms with E-state index < -0.39 is 0 Å². The average molecular weight is 326 g/mol. The van der Waals surface area contributed by atoms with Crippen molar-refractivity contribution in [3.05, 3.63) is 39.6 Å². The summed E-state index contributed by atoms with van der Waals surface area (Å²) >= 11 is 4.66. The van der Waals surface area contributed by atoms with Crippen molar-refractivity contribution in [2.24, 2.45) is 0 Å². The van der Waals surface area contributed by atoms with Crippen molar-refractivity contribution in [2.45, 2.75) is 19.8 Å². The number of carbonyl (C=O) groups excluding carboxylic acids is 1. The summed E-state index contributed by atoms with van der Waals surface area (Å²) in [6.45, 7) is 4.13. The van der Waals surface area contributed by atoms with Crippen LogP contribution in [-0.4, -0.2) is 15.9 Å². The van der Waals surface area contributed by atoms with Crippen LogP contribution in [0.2, 0.25) is 0 Å². The van der Waals surface area contributed by atoms with Crippen LogP contribution in [0.25, 0.3) is 0 Å². The van der Waals surface area contributed by atoms with Gasteiger partial charge in [0.2, 0.25) is 0 Å². The summed E-state index contributed by atoms with van der Waals surface area (Å²) in [6, 6.07) is 5.21. The Hall–Kier alpha value is -1.27. The van der Waals surface area contributed by atoms with Crippen LogP contribution in [0.15, 0.2) is 28.2 Å². The Morgan fingerprint density at radius 3 is 2.78 bits per heavy atom. The summed E-state index contributed by atoms with van der Waals surface area (Å²) in [5.41, 5.74) is 1.35. The molecule has 0 atom stereocenters. The van der Waals surface area contributed by atoms with Crippen molar-refractivity contribution in [3.63, 3.8) is 0 Å². The first-order valence-electron chi connectivity index (χ1n) is 5.45. The van der Waals surface area contributed by atoms with E-state index in [0.29, 0.717) is 21.3 Å². The molecule has 0 aliphatic carbocycles. The van der Waals surface area contributed by atoms with E-state index in [-0.39, 0.29) is 5.91 Å². The van der Waals surface area contributed by atoms with Gasteiger partial charge < -0.3 is 0 Å². The number of rotatable bonds is 3. The van der Waals surface area contributed by atoms with E-state index in [2.05, 4.69) is 45.1 Å². The standard InChI is InChI=1S/C12H12BrN3OS/c1-7(2)9-6-18-12(15-9)16-11(17)8-4-3-5-10(13)14-8/h3-7H,1-2H3,(H,15,16,17). The van der Waals surface area contributed by atoms with Gasteiger partial charge in [0.1, 0.15) is 10.3 Å². The SMILES string of the molecule is CC(C)c1csc(NC(=O)c2cccc(Br)n2)n1. The van der Waals surface area contributed by atoms with Crippen molar-refractivity contribution in [1.29, 1.82) is 0 Å². The quantitative estimate of drug-likeness (QED) is 0.876. The highest BCUT2D eigenvalue weighted by Gasteiger charge is 2.11. The molecular weight excluding hydrogens is 314 g/mol. The van der Waals surface area contributed by atoms with Gasteiger partial charge in [0.15, 0.2) is 5.13 Å². The number of halogens is 1. The van der Waals surface area contributed by atoms with Crippen LogP contribution in [0.4, 0.5) is 5.13 Å². The van der Waals surface area contributed by atoms with Gasteiger partial charge in [-0.25, -0.2) is 9.97 Å². The summed E-state index contributed by atoms with van der Waals surface area (Å²) in [5.74, 6) is 0.108. The molecule has 0 saturated carbocycles. The lowest BCUT2D eigenvalue weighted by Crippen LogP contribution is -2.13. The lowest BCUT2D eigenvalue weighted by molar-refractivity contribution is 0.102. The lowest BCUT2D eigenvalue weighted by Gasteiger charge is -2.01. The van der Waals surface area contributed by atoms with Gasteiger partial charge in [0.25, 0.3) is 5.91 Å². The number of thiazole rings is 1. The Bertz CT molecular complexity index is 568. The molecule has 0 fully saturated rings. The minimum Gasteiger partial charge on any atom is -0.296 e. The van der Waals surface area contributed by atoms with Gasteiger partial charge in [0, 0.05) is 5.38 Å². The molecule has 1 amide bonds. The molecule has 0 aliphatic heterocycles. The Morgan fingerprint density at radius 1 is 1.39 bits per heavy atom. The molecule has 0 aliphatic rings. The first-order valence-corrected chi connectivity index (χ1v) is 7.13. The van der Waals surface area contributed by atoms with E-state index in [9.17, 15) is 4.79 Å². The molecule has 1 N–H and O–H groups in total. The highest BCUT2D eigenvalue weighted by molar-refractivity contribution is 9.10. The lowest BCUT2D eigenvalue weighted by atomic mass is 10.2. The normalized spacial score (nSPS) is 10.7. The largest absolute Gasteiger partial charge is 0.296 e. The molecule has 2 rings (SSSR count). The number of pyridine rings is 1. The van der Waals surface area contributed by atoms with Crippen LogP contribution in [0, 0.1) is 0 Å². The van der Waals surface area contributed by atoms with Gasteiger partial charge in [-0.15, -0.1) is 11.3 Å². The zero-order valence-electron chi connectivity index (χ0n) is 9.98. The molecular formula is C12H12BrN3OS. The van der Waals surface area contributed by atoms with E-state index in [1.54, 1.807) is 18.2 Å². The molecule has 18 heavy (non-hydrogen) atoms. The first kappa shape index (κ1) is 13.2. The second-order valence-electron chi connectivity index (χ2n) is 4.03. The van der Waals surface area contributed by atoms with Gasteiger partial charge in [-0.2, -0.15) is 0 Å². The third-order valence-electron chi connectivity index (χ3n) is 2.28. The van der Waals surface area contributed by atoms with Crippen molar-refractivity contribution < 1.29 is 4.79 Å². The summed E-state index contributed by atoms with van der Waals surface area (Å²) in [5, 5.41) is 5.30. The second-order valence-corrected chi connectivity index (χ2v) is 5.70. The topological polar surface area (TPSA) is 54.9 Å². The van der Waals surface area contributed by atoms with E-state index in [4.69, 9.17) is 0 Å². The number of nitrogens with one attached hydrogen (secondary N) is 1. The molecule has 0 spiro atoms. The maximum absolute atomic E-state index is 11.9.